The molecule has 7 rings (SSSR count). The van der Waals surface area contributed by atoms with Crippen LogP contribution >= 0.6 is 0 Å². The van der Waals surface area contributed by atoms with Crippen molar-refractivity contribution in [2.75, 3.05) is 0 Å². The maximum atomic E-state index is 4.19. The fraction of sp³-hybridized carbons (Fsp3) is 0.0278. The highest BCUT2D eigenvalue weighted by Crippen LogP contribution is 2.40. The number of aromatic nitrogens is 3. The Hall–Kier alpha value is -5.15. The quantitative estimate of drug-likeness (QED) is 0.215. The van der Waals surface area contributed by atoms with Crippen molar-refractivity contribution in [1.82, 2.24) is 14.1 Å². The van der Waals surface area contributed by atoms with Crippen molar-refractivity contribution >= 4 is 49.2 Å². The molecule has 0 aliphatic carbocycles. The topological polar surface area (TPSA) is 22.8 Å². The Kier molecular flexibility index (Phi) is 5.49. The van der Waals surface area contributed by atoms with E-state index < -0.39 is 0 Å². The van der Waals surface area contributed by atoms with Gasteiger partial charge in [0.15, 0.2) is 0 Å². The van der Waals surface area contributed by atoms with E-state index in [-0.39, 0.29) is 0 Å². The lowest BCUT2D eigenvalue weighted by Gasteiger charge is -2.11. The van der Waals surface area contributed by atoms with Gasteiger partial charge in [-0.3, -0.25) is 4.98 Å². The average Bonchev–Trinajstić information content (AvgIpc) is 3.57. The highest BCUT2D eigenvalue weighted by atomic mass is 15.0. The normalized spacial score (nSPS) is 12.4. The van der Waals surface area contributed by atoms with Crippen LogP contribution < -0.4 is 0 Å². The Bertz CT molecular complexity index is 2090. The van der Waals surface area contributed by atoms with Gasteiger partial charge in [0, 0.05) is 46.1 Å². The van der Waals surface area contributed by atoms with Crippen molar-refractivity contribution in [1.29, 1.82) is 0 Å². The van der Waals surface area contributed by atoms with Gasteiger partial charge >= 0.3 is 0 Å². The number of allylic oxidation sites excluding steroid dienone is 5. The summed E-state index contributed by atoms with van der Waals surface area (Å²) >= 11 is 0. The van der Waals surface area contributed by atoms with E-state index in [1.807, 2.05) is 31.5 Å². The monoisotopic (exact) mass is 501 g/mol. The van der Waals surface area contributed by atoms with Crippen LogP contribution in [0.25, 0.3) is 66.0 Å². The van der Waals surface area contributed by atoms with Gasteiger partial charge in [0.25, 0.3) is 0 Å². The summed E-state index contributed by atoms with van der Waals surface area (Å²) in [6, 6.07) is 32.9. The number of hydrogen-bond acceptors (Lipinski definition) is 1. The molecule has 0 aliphatic heterocycles. The SMILES string of the molecule is C=C/C=C(\C=C/C)n1ccc2c3ccc4c(c3ccc21)c1ccccc1n4-c1cccc(-c2ccncc2)c1. The van der Waals surface area contributed by atoms with Crippen LogP contribution in [0.4, 0.5) is 0 Å². The fourth-order valence-corrected chi connectivity index (χ4v) is 5.88. The second-order valence-electron chi connectivity index (χ2n) is 9.70. The van der Waals surface area contributed by atoms with Crippen molar-refractivity contribution < 1.29 is 0 Å². The first-order chi connectivity index (χ1) is 19.3. The smallest absolute Gasteiger partial charge is 0.0547 e. The van der Waals surface area contributed by atoms with Gasteiger partial charge in [-0.25, -0.2) is 0 Å². The zero-order valence-corrected chi connectivity index (χ0v) is 21.8. The number of hydrogen-bond donors (Lipinski definition) is 0. The van der Waals surface area contributed by atoms with E-state index in [1.54, 1.807) is 0 Å². The van der Waals surface area contributed by atoms with E-state index in [4.69, 9.17) is 0 Å². The van der Waals surface area contributed by atoms with Crippen LogP contribution in [-0.2, 0) is 0 Å². The number of benzene rings is 4. The molecule has 0 saturated carbocycles. The zero-order chi connectivity index (χ0) is 26.3. The van der Waals surface area contributed by atoms with Crippen LogP contribution in [0, 0.1) is 0 Å². The van der Waals surface area contributed by atoms with E-state index in [2.05, 4.69) is 130 Å². The second kappa shape index (κ2) is 9.30. The first kappa shape index (κ1) is 23.0. The van der Waals surface area contributed by atoms with Gasteiger partial charge in [-0.05, 0) is 89.5 Å². The first-order valence-electron chi connectivity index (χ1n) is 13.2. The first-order valence-corrected chi connectivity index (χ1v) is 13.2. The minimum atomic E-state index is 1.09. The van der Waals surface area contributed by atoms with Crippen LogP contribution in [0.3, 0.4) is 0 Å². The number of rotatable bonds is 5. The highest BCUT2D eigenvalue weighted by molar-refractivity contribution is 6.25. The maximum Gasteiger partial charge on any atom is 0.0547 e. The molecule has 0 radical (unpaired) electrons. The third kappa shape index (κ3) is 3.63. The van der Waals surface area contributed by atoms with Gasteiger partial charge in [-0.1, -0.05) is 61.2 Å². The summed E-state index contributed by atoms with van der Waals surface area (Å²) in [5.74, 6) is 0. The average molecular weight is 502 g/mol. The molecule has 39 heavy (non-hydrogen) atoms. The molecule has 0 unspecified atom stereocenters. The van der Waals surface area contributed by atoms with Crippen molar-refractivity contribution in [2.24, 2.45) is 0 Å². The Morgan fingerprint density at radius 1 is 0.718 bits per heavy atom. The van der Waals surface area contributed by atoms with Crippen molar-refractivity contribution in [3.8, 4) is 16.8 Å². The molecule has 0 bridgehead atoms. The van der Waals surface area contributed by atoms with Gasteiger partial charge < -0.3 is 9.13 Å². The zero-order valence-electron chi connectivity index (χ0n) is 21.8. The lowest BCUT2D eigenvalue weighted by atomic mass is 10.0. The standard InChI is InChI=1S/C36H27N3/c1-3-8-27(9-4-2)38-23-20-30-29-14-17-35-36(31(29)15-16-33(30)38)32-12-5-6-13-34(32)39(35)28-11-7-10-26(24-28)25-18-21-37-22-19-25/h3-24H,1H2,2H3/b9-4-,27-8+. The number of pyridine rings is 1. The lowest BCUT2D eigenvalue weighted by molar-refractivity contribution is 1.18. The van der Waals surface area contributed by atoms with Crippen molar-refractivity contribution in [2.45, 2.75) is 6.92 Å². The van der Waals surface area contributed by atoms with Gasteiger partial charge in [-0.2, -0.15) is 0 Å². The second-order valence-corrected chi connectivity index (χ2v) is 9.70. The summed E-state index contributed by atoms with van der Waals surface area (Å²) in [5.41, 5.74) is 8.16. The third-order valence-electron chi connectivity index (χ3n) is 7.52. The fourth-order valence-electron chi connectivity index (χ4n) is 5.88. The Morgan fingerprint density at radius 3 is 2.38 bits per heavy atom. The van der Waals surface area contributed by atoms with E-state index in [0.717, 1.165) is 16.9 Å². The molecule has 0 amide bonds. The molecule has 4 aromatic carbocycles. The van der Waals surface area contributed by atoms with Crippen LogP contribution in [-0.4, -0.2) is 14.1 Å². The van der Waals surface area contributed by atoms with E-state index in [1.165, 1.54) is 49.0 Å². The lowest BCUT2D eigenvalue weighted by Crippen LogP contribution is -1.94. The summed E-state index contributed by atoms with van der Waals surface area (Å²) < 4.78 is 4.62. The minimum absolute atomic E-state index is 1.09. The summed E-state index contributed by atoms with van der Waals surface area (Å²) in [6.07, 6.45) is 13.9. The van der Waals surface area contributed by atoms with Gasteiger partial charge in [-0.15, -0.1) is 0 Å². The third-order valence-corrected chi connectivity index (χ3v) is 7.52. The van der Waals surface area contributed by atoms with Crippen LogP contribution in [0.1, 0.15) is 6.92 Å². The van der Waals surface area contributed by atoms with Gasteiger partial charge in [0.05, 0.1) is 16.6 Å². The molecule has 186 valence electrons. The molecule has 0 atom stereocenters. The number of nitrogens with zero attached hydrogens (tertiary/aromatic N) is 3. The summed E-state index contributed by atoms with van der Waals surface area (Å²) in [6.45, 7) is 5.95. The van der Waals surface area contributed by atoms with Crippen molar-refractivity contribution in [3.63, 3.8) is 0 Å². The molecule has 3 heteroatoms. The predicted octanol–water partition coefficient (Wildman–Crippen LogP) is 9.56. The molecular weight excluding hydrogens is 474 g/mol. The van der Waals surface area contributed by atoms with Crippen LogP contribution in [0.15, 0.2) is 140 Å². The maximum absolute atomic E-state index is 4.19. The number of para-hydroxylation sites is 1. The molecule has 3 aromatic heterocycles. The molecule has 0 N–H and O–H groups in total. The summed E-state index contributed by atoms with van der Waals surface area (Å²) in [7, 11) is 0. The van der Waals surface area contributed by atoms with Crippen LogP contribution in [0.2, 0.25) is 0 Å². The molecule has 0 saturated heterocycles. The van der Waals surface area contributed by atoms with Crippen LogP contribution in [0.5, 0.6) is 0 Å². The molecule has 0 aliphatic rings. The predicted molar refractivity (Wildman–Crippen MR) is 166 cm³/mol. The number of fused-ring (bicyclic) bond motifs is 7. The Labute approximate surface area is 227 Å². The van der Waals surface area contributed by atoms with E-state index in [0.29, 0.717) is 0 Å². The van der Waals surface area contributed by atoms with E-state index >= 15 is 0 Å². The summed E-state index contributed by atoms with van der Waals surface area (Å²) in [4.78, 5) is 4.19. The largest absolute Gasteiger partial charge is 0.317 e. The highest BCUT2D eigenvalue weighted by Gasteiger charge is 2.17. The molecule has 0 spiro atoms. The minimum Gasteiger partial charge on any atom is -0.317 e. The van der Waals surface area contributed by atoms with Crippen molar-refractivity contribution in [3.05, 3.63) is 140 Å². The molecule has 7 aromatic rings. The summed E-state index contributed by atoms with van der Waals surface area (Å²) in [5, 5.41) is 6.30. The molecule has 3 heterocycles. The van der Waals surface area contributed by atoms with Gasteiger partial charge in [0.2, 0.25) is 0 Å². The van der Waals surface area contributed by atoms with Gasteiger partial charge in [0.1, 0.15) is 0 Å². The Balaban J connectivity index is 1.51. The molecule has 3 nitrogen and oxygen atoms in total. The molecular formula is C36H27N3. The Morgan fingerprint density at radius 2 is 1.54 bits per heavy atom. The molecule has 0 fully saturated rings. The van der Waals surface area contributed by atoms with E-state index in [9.17, 15) is 0 Å².